The molecule has 0 saturated heterocycles. The third kappa shape index (κ3) is 6.69. The number of hydrogen-bond donors (Lipinski definition) is 3. The molecular weight excluding hydrogens is 356 g/mol. The Hall–Kier alpha value is -2.65. The smallest absolute Gasteiger partial charge is 0.269 e. The van der Waals surface area contributed by atoms with Crippen molar-refractivity contribution in [2.24, 2.45) is 4.99 Å². The molecule has 9 heteroatoms. The fourth-order valence-electron chi connectivity index (χ4n) is 2.03. The maximum atomic E-state index is 10.6. The van der Waals surface area contributed by atoms with Crippen LogP contribution < -0.4 is 15.4 Å². The Kier molecular flexibility index (Phi) is 7.84. The molecule has 2 rings (SSSR count). The van der Waals surface area contributed by atoms with E-state index in [9.17, 15) is 15.2 Å². The lowest BCUT2D eigenvalue weighted by Crippen LogP contribution is -2.42. The van der Waals surface area contributed by atoms with Crippen LogP contribution in [0, 0.1) is 10.1 Å². The quantitative estimate of drug-likeness (QED) is 0.267. The number of thiophene rings is 1. The first-order valence-electron chi connectivity index (χ1n) is 8.18. The first-order chi connectivity index (χ1) is 12.6. The zero-order valence-corrected chi connectivity index (χ0v) is 15.2. The van der Waals surface area contributed by atoms with Crippen LogP contribution in [0.3, 0.4) is 0 Å². The molecule has 0 amide bonds. The van der Waals surface area contributed by atoms with Crippen LogP contribution in [0.25, 0.3) is 0 Å². The number of guanidine groups is 1. The minimum Gasteiger partial charge on any atom is -0.491 e. The van der Waals surface area contributed by atoms with Gasteiger partial charge in [0.1, 0.15) is 18.5 Å². The van der Waals surface area contributed by atoms with Crippen molar-refractivity contribution < 1.29 is 14.8 Å². The lowest BCUT2D eigenvalue weighted by Gasteiger charge is -2.16. The lowest BCUT2D eigenvalue weighted by molar-refractivity contribution is -0.384. The molecule has 1 aromatic carbocycles. The standard InChI is InChI=1S/C17H22N4O4S/c1-2-18-17(20-11-16-4-3-9-26-16)19-10-14(22)12-25-15-7-5-13(6-8-15)21(23)24/h3-9,14,22H,2,10-12H2,1H3,(H2,18,19,20). The number of aliphatic hydroxyl groups is 1. The maximum Gasteiger partial charge on any atom is 0.269 e. The Morgan fingerprint density at radius 1 is 1.35 bits per heavy atom. The molecule has 1 unspecified atom stereocenters. The Labute approximate surface area is 155 Å². The van der Waals surface area contributed by atoms with E-state index in [1.54, 1.807) is 11.3 Å². The van der Waals surface area contributed by atoms with Crippen LogP contribution in [-0.4, -0.2) is 41.8 Å². The van der Waals surface area contributed by atoms with Crippen LogP contribution in [0.2, 0.25) is 0 Å². The number of nitrogens with zero attached hydrogens (tertiary/aromatic N) is 2. The van der Waals surface area contributed by atoms with Crippen molar-refractivity contribution in [2.45, 2.75) is 19.6 Å². The summed E-state index contributed by atoms with van der Waals surface area (Å²) in [7, 11) is 0. The summed E-state index contributed by atoms with van der Waals surface area (Å²) >= 11 is 1.64. The molecule has 0 aliphatic rings. The van der Waals surface area contributed by atoms with Crippen molar-refractivity contribution in [1.29, 1.82) is 0 Å². The molecule has 0 aliphatic carbocycles. The number of hydrogen-bond acceptors (Lipinski definition) is 6. The van der Waals surface area contributed by atoms with Gasteiger partial charge in [-0.15, -0.1) is 11.3 Å². The zero-order valence-electron chi connectivity index (χ0n) is 14.4. The summed E-state index contributed by atoms with van der Waals surface area (Å²) in [5.74, 6) is 1.09. The molecule has 0 fully saturated rings. The van der Waals surface area contributed by atoms with E-state index >= 15 is 0 Å². The molecular formula is C17H22N4O4S. The van der Waals surface area contributed by atoms with Gasteiger partial charge in [-0.25, -0.2) is 4.99 Å². The molecule has 0 aliphatic heterocycles. The van der Waals surface area contributed by atoms with Gasteiger partial charge in [-0.2, -0.15) is 0 Å². The van der Waals surface area contributed by atoms with Crippen LogP contribution in [0.15, 0.2) is 46.8 Å². The molecule has 1 aromatic heterocycles. The van der Waals surface area contributed by atoms with E-state index in [0.29, 0.717) is 24.8 Å². The lowest BCUT2D eigenvalue weighted by atomic mass is 10.3. The minimum atomic E-state index is -0.754. The highest BCUT2D eigenvalue weighted by Crippen LogP contribution is 2.17. The van der Waals surface area contributed by atoms with Crippen molar-refractivity contribution >= 4 is 23.0 Å². The van der Waals surface area contributed by atoms with Crippen molar-refractivity contribution in [3.05, 3.63) is 56.8 Å². The summed E-state index contributed by atoms with van der Waals surface area (Å²) in [5.41, 5.74) is -0.00296. The summed E-state index contributed by atoms with van der Waals surface area (Å²) < 4.78 is 5.44. The number of nitrogens with one attached hydrogen (secondary N) is 2. The Balaban J connectivity index is 1.77. The molecule has 1 atom stereocenters. The van der Waals surface area contributed by atoms with Crippen LogP contribution in [0.1, 0.15) is 11.8 Å². The number of nitro benzene ring substituents is 1. The molecule has 8 nitrogen and oxygen atoms in total. The van der Waals surface area contributed by atoms with E-state index in [2.05, 4.69) is 15.6 Å². The molecule has 2 aromatic rings. The molecule has 3 N–H and O–H groups in total. The fourth-order valence-corrected chi connectivity index (χ4v) is 2.66. The molecule has 0 radical (unpaired) electrons. The number of ether oxygens (including phenoxy) is 1. The number of nitro groups is 1. The fraction of sp³-hybridized carbons (Fsp3) is 0.353. The number of benzene rings is 1. The minimum absolute atomic E-state index is 0.00296. The van der Waals surface area contributed by atoms with Crippen LogP contribution in [0.4, 0.5) is 5.69 Å². The van der Waals surface area contributed by atoms with Gasteiger partial charge in [0.2, 0.25) is 0 Å². The van der Waals surface area contributed by atoms with Crippen LogP contribution in [-0.2, 0) is 6.54 Å². The average molecular weight is 378 g/mol. The number of aliphatic hydroxyl groups excluding tert-OH is 1. The molecule has 26 heavy (non-hydrogen) atoms. The van der Waals surface area contributed by atoms with Crippen LogP contribution in [0.5, 0.6) is 5.75 Å². The topological polar surface area (TPSA) is 109 Å². The van der Waals surface area contributed by atoms with E-state index < -0.39 is 11.0 Å². The predicted octanol–water partition coefficient (Wildman–Crippen LogP) is 2.15. The molecule has 1 heterocycles. The average Bonchev–Trinajstić information content (AvgIpc) is 3.16. The summed E-state index contributed by atoms with van der Waals surface area (Å²) in [5, 5.41) is 28.8. The van der Waals surface area contributed by atoms with Crippen molar-refractivity contribution in [2.75, 3.05) is 19.7 Å². The van der Waals surface area contributed by atoms with E-state index in [0.717, 1.165) is 4.88 Å². The normalized spacial score (nSPS) is 12.5. The molecule has 0 bridgehead atoms. The van der Waals surface area contributed by atoms with Crippen molar-refractivity contribution in [3.63, 3.8) is 0 Å². The second-order valence-corrected chi connectivity index (χ2v) is 6.40. The Bertz CT molecular complexity index is 704. The largest absolute Gasteiger partial charge is 0.491 e. The van der Waals surface area contributed by atoms with Crippen molar-refractivity contribution in [1.82, 2.24) is 10.6 Å². The monoisotopic (exact) mass is 378 g/mol. The third-order valence-electron chi connectivity index (χ3n) is 3.31. The third-order valence-corrected chi connectivity index (χ3v) is 4.17. The van der Waals surface area contributed by atoms with Gasteiger partial charge < -0.3 is 20.5 Å². The summed E-state index contributed by atoms with van der Waals surface area (Å²) in [6, 6.07) is 9.73. The van der Waals surface area contributed by atoms with Gasteiger partial charge in [-0.05, 0) is 30.5 Å². The Morgan fingerprint density at radius 2 is 2.12 bits per heavy atom. The summed E-state index contributed by atoms with van der Waals surface area (Å²) in [6.45, 7) is 3.59. The first-order valence-corrected chi connectivity index (χ1v) is 9.06. The SMILES string of the molecule is CCNC(=NCc1cccs1)NCC(O)COc1ccc([N+](=O)[O-])cc1. The summed E-state index contributed by atoms with van der Waals surface area (Å²) in [6.07, 6.45) is -0.754. The van der Waals surface area contributed by atoms with E-state index in [1.807, 2.05) is 24.4 Å². The predicted molar refractivity (Wildman–Crippen MR) is 102 cm³/mol. The first kappa shape index (κ1) is 19.7. The highest BCUT2D eigenvalue weighted by Gasteiger charge is 2.09. The number of aliphatic imine (C=N–C) groups is 1. The highest BCUT2D eigenvalue weighted by molar-refractivity contribution is 7.09. The van der Waals surface area contributed by atoms with Crippen LogP contribution >= 0.6 is 11.3 Å². The summed E-state index contributed by atoms with van der Waals surface area (Å²) in [4.78, 5) is 15.8. The molecule has 0 saturated carbocycles. The Morgan fingerprint density at radius 3 is 2.73 bits per heavy atom. The molecule has 0 spiro atoms. The number of non-ortho nitro benzene ring substituents is 1. The van der Waals surface area contributed by atoms with E-state index in [4.69, 9.17) is 4.74 Å². The zero-order chi connectivity index (χ0) is 18.8. The van der Waals surface area contributed by atoms with E-state index in [1.165, 1.54) is 24.3 Å². The second-order valence-electron chi connectivity index (χ2n) is 5.37. The van der Waals surface area contributed by atoms with Gasteiger partial charge >= 0.3 is 0 Å². The van der Waals surface area contributed by atoms with Gasteiger partial charge in [0.05, 0.1) is 11.5 Å². The van der Waals surface area contributed by atoms with Gasteiger partial charge in [-0.1, -0.05) is 6.07 Å². The van der Waals surface area contributed by atoms with Gasteiger partial charge in [-0.3, -0.25) is 10.1 Å². The highest BCUT2D eigenvalue weighted by atomic mass is 32.1. The molecule has 140 valence electrons. The van der Waals surface area contributed by atoms with Gasteiger partial charge in [0, 0.05) is 30.1 Å². The number of rotatable bonds is 9. The second kappa shape index (κ2) is 10.4. The van der Waals surface area contributed by atoms with Gasteiger partial charge in [0.15, 0.2) is 5.96 Å². The van der Waals surface area contributed by atoms with Gasteiger partial charge in [0.25, 0.3) is 5.69 Å². The van der Waals surface area contributed by atoms with Crippen molar-refractivity contribution in [3.8, 4) is 5.75 Å². The van der Waals surface area contributed by atoms with E-state index in [-0.39, 0.29) is 18.8 Å². The maximum absolute atomic E-state index is 10.6.